The van der Waals surface area contributed by atoms with Crippen LogP contribution in [0.4, 0.5) is 5.69 Å². The lowest BCUT2D eigenvalue weighted by Crippen LogP contribution is -2.25. The number of nitrogens with zero attached hydrogens (tertiary/aromatic N) is 2. The van der Waals surface area contributed by atoms with Crippen molar-refractivity contribution in [2.24, 2.45) is 0 Å². The number of rotatable bonds is 4. The number of aryl methyl sites for hydroxylation is 3. The molecule has 152 valence electrons. The van der Waals surface area contributed by atoms with Gasteiger partial charge in [0.1, 0.15) is 11.7 Å². The first-order valence-electron chi connectivity index (χ1n) is 9.97. The van der Waals surface area contributed by atoms with E-state index in [1.807, 2.05) is 69.3 Å². The van der Waals surface area contributed by atoms with Gasteiger partial charge in [0.05, 0.1) is 5.52 Å². The average molecular weight is 418 g/mol. The molecule has 1 atom stereocenters. The van der Waals surface area contributed by atoms with E-state index in [-0.39, 0.29) is 5.91 Å². The Hall–Kier alpha value is -3.11. The van der Waals surface area contributed by atoms with Gasteiger partial charge in [-0.3, -0.25) is 9.48 Å². The van der Waals surface area contributed by atoms with Crippen molar-refractivity contribution in [3.8, 4) is 11.3 Å². The van der Waals surface area contributed by atoms with Crippen molar-refractivity contribution >= 4 is 34.1 Å². The van der Waals surface area contributed by atoms with E-state index in [0.717, 1.165) is 39.0 Å². The van der Waals surface area contributed by atoms with Gasteiger partial charge in [0.2, 0.25) is 5.91 Å². The first-order chi connectivity index (χ1) is 14.3. The fourth-order valence-electron chi connectivity index (χ4n) is 3.93. The van der Waals surface area contributed by atoms with Gasteiger partial charge in [0.15, 0.2) is 0 Å². The number of aromatic nitrogens is 2. The van der Waals surface area contributed by atoms with Crippen molar-refractivity contribution in [1.29, 1.82) is 0 Å². The number of carbonyl (C=O) groups excluding carboxylic acids is 1. The maximum absolute atomic E-state index is 13.2. The van der Waals surface area contributed by atoms with E-state index in [4.69, 9.17) is 16.7 Å². The molecule has 30 heavy (non-hydrogen) atoms. The molecule has 0 aliphatic carbocycles. The van der Waals surface area contributed by atoms with Crippen molar-refractivity contribution in [1.82, 2.24) is 9.78 Å². The Kier molecular flexibility index (Phi) is 5.35. The number of anilines is 1. The molecule has 1 amide bonds. The number of halogens is 1. The largest absolute Gasteiger partial charge is 0.324 e. The van der Waals surface area contributed by atoms with E-state index in [0.29, 0.717) is 5.02 Å². The van der Waals surface area contributed by atoms with Crippen molar-refractivity contribution in [3.63, 3.8) is 0 Å². The molecule has 3 aromatic carbocycles. The normalized spacial score (nSPS) is 12.2. The fraction of sp³-hybridized carbons (Fsp3) is 0.200. The van der Waals surface area contributed by atoms with Crippen LogP contribution in [0.15, 0.2) is 60.7 Å². The fourth-order valence-corrected chi connectivity index (χ4v) is 4.11. The van der Waals surface area contributed by atoms with Crippen molar-refractivity contribution in [2.45, 2.75) is 33.7 Å². The molecule has 0 bridgehead atoms. The molecule has 1 unspecified atom stereocenters. The third-order valence-electron chi connectivity index (χ3n) is 5.39. The molecule has 1 N–H and O–H groups in total. The Bertz CT molecular complexity index is 1220. The summed E-state index contributed by atoms with van der Waals surface area (Å²) in [6, 6.07) is 19.3. The molecule has 5 heteroatoms. The highest BCUT2D eigenvalue weighted by atomic mass is 35.5. The highest BCUT2D eigenvalue weighted by Gasteiger charge is 2.22. The Morgan fingerprint density at radius 1 is 1.00 bits per heavy atom. The quantitative estimate of drug-likeness (QED) is 0.413. The number of hydrogen-bond donors (Lipinski definition) is 1. The minimum absolute atomic E-state index is 0.107. The van der Waals surface area contributed by atoms with Gasteiger partial charge in [-0.2, -0.15) is 5.10 Å². The molecule has 0 saturated carbocycles. The number of fused-ring (bicyclic) bond motifs is 1. The van der Waals surface area contributed by atoms with Crippen molar-refractivity contribution in [3.05, 3.63) is 82.4 Å². The lowest BCUT2D eigenvalue weighted by molar-refractivity contribution is -0.119. The lowest BCUT2D eigenvalue weighted by atomic mass is 10.0. The molecule has 0 spiro atoms. The summed E-state index contributed by atoms with van der Waals surface area (Å²) in [6.07, 6.45) is 0. The molecule has 4 rings (SSSR count). The third-order valence-corrected chi connectivity index (χ3v) is 5.62. The zero-order chi connectivity index (χ0) is 21.4. The summed E-state index contributed by atoms with van der Waals surface area (Å²) in [5, 5.41) is 9.49. The predicted octanol–water partition coefficient (Wildman–Crippen LogP) is 6.48. The van der Waals surface area contributed by atoms with Gasteiger partial charge in [-0.1, -0.05) is 59.6 Å². The Morgan fingerprint density at radius 3 is 2.33 bits per heavy atom. The van der Waals surface area contributed by atoms with Crippen LogP contribution in [0.2, 0.25) is 5.02 Å². The molecule has 1 aromatic heterocycles. The van der Waals surface area contributed by atoms with Crippen molar-refractivity contribution in [2.75, 3.05) is 5.32 Å². The van der Waals surface area contributed by atoms with Gasteiger partial charge >= 0.3 is 0 Å². The molecule has 0 aliphatic heterocycles. The Morgan fingerprint density at radius 2 is 1.67 bits per heavy atom. The van der Waals surface area contributed by atoms with E-state index < -0.39 is 6.04 Å². The monoisotopic (exact) mass is 417 g/mol. The number of benzene rings is 3. The minimum atomic E-state index is -0.494. The van der Waals surface area contributed by atoms with Crippen LogP contribution in [0.1, 0.15) is 29.7 Å². The Labute approximate surface area is 181 Å². The number of nitrogens with one attached hydrogen (secondary N) is 1. The van der Waals surface area contributed by atoms with Crippen LogP contribution in [-0.4, -0.2) is 15.7 Å². The summed E-state index contributed by atoms with van der Waals surface area (Å²) in [5.74, 6) is -0.107. The van der Waals surface area contributed by atoms with Gasteiger partial charge in [0, 0.05) is 21.7 Å². The van der Waals surface area contributed by atoms with Crippen molar-refractivity contribution < 1.29 is 4.79 Å². The predicted molar refractivity (Wildman–Crippen MR) is 124 cm³/mol. The number of hydrogen-bond acceptors (Lipinski definition) is 2. The summed E-state index contributed by atoms with van der Waals surface area (Å²) in [5.41, 5.74) is 6.82. The summed E-state index contributed by atoms with van der Waals surface area (Å²) < 4.78 is 1.78. The maximum Gasteiger partial charge on any atom is 0.248 e. The maximum atomic E-state index is 13.2. The smallest absolute Gasteiger partial charge is 0.248 e. The van der Waals surface area contributed by atoms with Crippen LogP contribution in [-0.2, 0) is 4.79 Å². The average Bonchev–Trinajstić information content (AvgIpc) is 3.09. The topological polar surface area (TPSA) is 46.9 Å². The van der Waals surface area contributed by atoms with E-state index in [2.05, 4.69) is 24.4 Å². The van der Waals surface area contributed by atoms with Gasteiger partial charge in [-0.05, 0) is 57.0 Å². The third kappa shape index (κ3) is 3.71. The molecular formula is C25H24ClN3O. The van der Waals surface area contributed by atoms with E-state index in [9.17, 15) is 4.79 Å². The summed E-state index contributed by atoms with van der Waals surface area (Å²) in [7, 11) is 0. The summed E-state index contributed by atoms with van der Waals surface area (Å²) in [4.78, 5) is 13.2. The second kappa shape index (κ2) is 7.96. The highest BCUT2D eigenvalue weighted by Crippen LogP contribution is 2.32. The van der Waals surface area contributed by atoms with Gasteiger partial charge < -0.3 is 5.32 Å². The van der Waals surface area contributed by atoms with Crippen LogP contribution in [0.5, 0.6) is 0 Å². The molecule has 0 radical (unpaired) electrons. The van der Waals surface area contributed by atoms with Gasteiger partial charge in [-0.25, -0.2) is 0 Å². The van der Waals surface area contributed by atoms with Gasteiger partial charge in [-0.15, -0.1) is 0 Å². The zero-order valence-corrected chi connectivity index (χ0v) is 18.3. The van der Waals surface area contributed by atoms with E-state index in [1.165, 1.54) is 5.56 Å². The molecule has 0 fully saturated rings. The standard InChI is InChI=1S/C25H24ClN3O/c1-15-12-16(2)23(17(3)13-15)27-25(30)18(4)29-22-11-10-20(26)14-21(22)24(28-29)19-8-6-5-7-9-19/h5-14,18H,1-4H3,(H,27,30). The molecule has 4 nitrogen and oxygen atoms in total. The van der Waals surface area contributed by atoms with E-state index in [1.54, 1.807) is 4.68 Å². The SMILES string of the molecule is Cc1cc(C)c(NC(=O)C(C)n2nc(-c3ccccc3)c3cc(Cl)ccc32)c(C)c1. The highest BCUT2D eigenvalue weighted by molar-refractivity contribution is 6.31. The van der Waals surface area contributed by atoms with Crippen LogP contribution < -0.4 is 5.32 Å². The lowest BCUT2D eigenvalue weighted by Gasteiger charge is -2.17. The number of amides is 1. The second-order valence-electron chi connectivity index (χ2n) is 7.76. The summed E-state index contributed by atoms with van der Waals surface area (Å²) in [6.45, 7) is 7.95. The Balaban J connectivity index is 1.75. The first kappa shape index (κ1) is 20.2. The minimum Gasteiger partial charge on any atom is -0.324 e. The van der Waals surface area contributed by atoms with Crippen LogP contribution in [0.25, 0.3) is 22.2 Å². The molecular weight excluding hydrogens is 394 g/mol. The first-order valence-corrected chi connectivity index (χ1v) is 10.3. The molecule has 0 saturated heterocycles. The number of carbonyl (C=O) groups is 1. The van der Waals surface area contributed by atoms with Crippen LogP contribution in [0, 0.1) is 20.8 Å². The second-order valence-corrected chi connectivity index (χ2v) is 8.20. The summed E-state index contributed by atoms with van der Waals surface area (Å²) >= 11 is 6.27. The van der Waals surface area contributed by atoms with E-state index >= 15 is 0 Å². The molecule has 4 aromatic rings. The van der Waals surface area contributed by atoms with Crippen LogP contribution >= 0.6 is 11.6 Å². The molecule has 1 heterocycles. The molecule has 0 aliphatic rings. The van der Waals surface area contributed by atoms with Crippen LogP contribution in [0.3, 0.4) is 0 Å². The zero-order valence-electron chi connectivity index (χ0n) is 17.5. The van der Waals surface area contributed by atoms with Gasteiger partial charge in [0.25, 0.3) is 0 Å².